The Labute approximate surface area is 73.5 Å². The molecule has 0 aromatic carbocycles. The number of aromatic nitrogens is 1. The van der Waals surface area contributed by atoms with Gasteiger partial charge in [0.2, 0.25) is 0 Å². The van der Waals surface area contributed by atoms with Crippen molar-refractivity contribution in [3.63, 3.8) is 0 Å². The van der Waals surface area contributed by atoms with Crippen molar-refractivity contribution in [3.8, 4) is 0 Å². The normalized spacial score (nSPS) is 9.50. The van der Waals surface area contributed by atoms with Crippen molar-refractivity contribution in [2.45, 2.75) is 6.92 Å². The molecule has 0 fully saturated rings. The fourth-order valence-electron chi connectivity index (χ4n) is 0.676. The highest BCUT2D eigenvalue weighted by Gasteiger charge is 2.07. The van der Waals surface area contributed by atoms with Crippen LogP contribution in [0.3, 0.4) is 0 Å². The van der Waals surface area contributed by atoms with Crippen LogP contribution in [0.25, 0.3) is 0 Å². The van der Waals surface area contributed by atoms with Crippen molar-refractivity contribution in [1.29, 1.82) is 0 Å². The van der Waals surface area contributed by atoms with Crippen LogP contribution in [0.1, 0.15) is 16.1 Å². The molecule has 1 amide bonds. The van der Waals surface area contributed by atoms with Crippen LogP contribution in [0.15, 0.2) is 17.4 Å². The van der Waals surface area contributed by atoms with Crippen LogP contribution in [0.2, 0.25) is 5.02 Å². The number of halogens is 1. The quantitative estimate of drug-likeness (QED) is 0.627. The van der Waals surface area contributed by atoms with Crippen LogP contribution in [-0.4, -0.2) is 10.9 Å². The van der Waals surface area contributed by atoms with Crippen molar-refractivity contribution in [2.24, 2.45) is 5.18 Å². The minimum absolute atomic E-state index is 0.112. The average Bonchev–Trinajstić information content (AvgIpc) is 2.08. The van der Waals surface area contributed by atoms with Gasteiger partial charge in [0.25, 0.3) is 0 Å². The molecule has 0 bridgehead atoms. The van der Waals surface area contributed by atoms with Crippen LogP contribution in [0.5, 0.6) is 0 Å². The second-order valence-corrected chi connectivity index (χ2v) is 2.59. The zero-order valence-electron chi connectivity index (χ0n) is 6.24. The van der Waals surface area contributed by atoms with Crippen molar-refractivity contribution < 1.29 is 4.79 Å². The average molecular weight is 185 g/mol. The molecule has 0 atom stereocenters. The molecule has 0 N–H and O–H groups in total. The molecule has 0 aliphatic carbocycles. The fourth-order valence-corrected chi connectivity index (χ4v) is 0.842. The molecular formula is C7H5ClN2O2. The van der Waals surface area contributed by atoms with Crippen LogP contribution >= 0.6 is 11.6 Å². The van der Waals surface area contributed by atoms with Crippen molar-refractivity contribution in [1.82, 2.24) is 4.98 Å². The predicted molar refractivity (Wildman–Crippen MR) is 44.1 cm³/mol. The number of hydrogen-bond acceptors (Lipinski definition) is 3. The standard InChI is InChI=1S/C7H5ClN2O2/c1-4-6(8)2-5(3-9-4)7(11)10-12/h2-3H,1H3. The van der Waals surface area contributed by atoms with Gasteiger partial charge in [0, 0.05) is 11.4 Å². The van der Waals surface area contributed by atoms with Gasteiger partial charge in [-0.2, -0.15) is 0 Å². The molecule has 1 aromatic rings. The predicted octanol–water partition coefficient (Wildman–Crippen LogP) is 1.95. The molecule has 1 aromatic heterocycles. The largest absolute Gasteiger partial charge is 0.318 e. The van der Waals surface area contributed by atoms with Gasteiger partial charge in [-0.05, 0) is 13.0 Å². The van der Waals surface area contributed by atoms with E-state index in [9.17, 15) is 9.70 Å². The Morgan fingerprint density at radius 1 is 1.67 bits per heavy atom. The highest BCUT2D eigenvalue weighted by atomic mass is 35.5. The van der Waals surface area contributed by atoms with Gasteiger partial charge in [-0.3, -0.25) is 9.78 Å². The molecule has 62 valence electrons. The Hall–Kier alpha value is -1.29. The number of nitroso groups, excluding NO2 is 1. The first kappa shape index (κ1) is 8.80. The summed E-state index contributed by atoms with van der Waals surface area (Å²) in [6.07, 6.45) is 1.27. The van der Waals surface area contributed by atoms with Gasteiger partial charge >= 0.3 is 5.91 Å². The van der Waals surface area contributed by atoms with Gasteiger partial charge in [-0.1, -0.05) is 11.6 Å². The number of pyridine rings is 1. The second-order valence-electron chi connectivity index (χ2n) is 2.19. The van der Waals surface area contributed by atoms with Crippen molar-refractivity contribution in [3.05, 3.63) is 33.5 Å². The summed E-state index contributed by atoms with van der Waals surface area (Å²) >= 11 is 5.66. The molecule has 4 nitrogen and oxygen atoms in total. The number of hydrogen-bond donors (Lipinski definition) is 0. The first-order chi connectivity index (χ1) is 5.65. The number of nitrogens with zero attached hydrogens (tertiary/aromatic N) is 2. The van der Waals surface area contributed by atoms with E-state index in [4.69, 9.17) is 11.6 Å². The zero-order chi connectivity index (χ0) is 9.14. The van der Waals surface area contributed by atoms with E-state index in [2.05, 4.69) is 10.2 Å². The summed E-state index contributed by atoms with van der Waals surface area (Å²) in [5, 5.41) is 2.59. The first-order valence-electron chi connectivity index (χ1n) is 3.15. The zero-order valence-corrected chi connectivity index (χ0v) is 7.00. The highest BCUT2D eigenvalue weighted by molar-refractivity contribution is 6.31. The molecule has 12 heavy (non-hydrogen) atoms. The Kier molecular flexibility index (Phi) is 2.50. The van der Waals surface area contributed by atoms with Crippen molar-refractivity contribution in [2.75, 3.05) is 0 Å². The molecule has 1 heterocycles. The van der Waals surface area contributed by atoms with E-state index in [1.807, 2.05) is 0 Å². The van der Waals surface area contributed by atoms with E-state index in [-0.39, 0.29) is 5.56 Å². The lowest BCUT2D eigenvalue weighted by Gasteiger charge is -1.96. The Morgan fingerprint density at radius 3 is 2.83 bits per heavy atom. The Bertz CT molecular complexity index is 338. The summed E-state index contributed by atoms with van der Waals surface area (Å²) in [4.78, 5) is 24.3. The highest BCUT2D eigenvalue weighted by Crippen LogP contribution is 2.14. The molecule has 0 aliphatic rings. The third-order valence-electron chi connectivity index (χ3n) is 1.36. The van der Waals surface area contributed by atoms with Crippen LogP contribution in [0.4, 0.5) is 0 Å². The number of aryl methyl sites for hydroxylation is 1. The lowest BCUT2D eigenvalue weighted by molar-refractivity contribution is 0.100. The third-order valence-corrected chi connectivity index (χ3v) is 1.74. The molecule has 0 saturated carbocycles. The Morgan fingerprint density at radius 2 is 2.33 bits per heavy atom. The van der Waals surface area contributed by atoms with Crippen LogP contribution in [-0.2, 0) is 0 Å². The van der Waals surface area contributed by atoms with Gasteiger partial charge in [0.15, 0.2) is 0 Å². The van der Waals surface area contributed by atoms with E-state index in [0.717, 1.165) is 0 Å². The minimum Gasteiger partial charge on any atom is -0.263 e. The molecule has 1 rings (SSSR count). The molecule has 0 aliphatic heterocycles. The number of carbonyl (C=O) groups is 1. The van der Waals surface area contributed by atoms with Gasteiger partial charge in [0.1, 0.15) is 0 Å². The maximum absolute atomic E-state index is 10.7. The monoisotopic (exact) mass is 184 g/mol. The third kappa shape index (κ3) is 1.65. The minimum atomic E-state index is -0.857. The smallest absolute Gasteiger partial charge is 0.263 e. The summed E-state index contributed by atoms with van der Waals surface area (Å²) in [5.41, 5.74) is 0.722. The van der Waals surface area contributed by atoms with Gasteiger partial charge in [-0.25, -0.2) is 0 Å². The Balaban J connectivity index is 3.13. The number of rotatable bonds is 1. The molecule has 0 unspecified atom stereocenters. The van der Waals surface area contributed by atoms with Gasteiger partial charge in [0.05, 0.1) is 16.3 Å². The summed E-state index contributed by atoms with van der Waals surface area (Å²) in [5.74, 6) is -0.857. The summed E-state index contributed by atoms with van der Waals surface area (Å²) < 4.78 is 0. The first-order valence-corrected chi connectivity index (χ1v) is 3.53. The maximum atomic E-state index is 10.7. The lowest BCUT2D eigenvalue weighted by Crippen LogP contribution is -1.95. The summed E-state index contributed by atoms with van der Waals surface area (Å²) in [6, 6.07) is 1.37. The summed E-state index contributed by atoms with van der Waals surface area (Å²) in [6.45, 7) is 1.70. The van der Waals surface area contributed by atoms with E-state index < -0.39 is 5.91 Å². The SMILES string of the molecule is Cc1ncc(C(=O)N=O)cc1Cl. The molecule has 0 spiro atoms. The maximum Gasteiger partial charge on any atom is 0.318 e. The molecular weight excluding hydrogens is 180 g/mol. The van der Waals surface area contributed by atoms with Crippen LogP contribution < -0.4 is 0 Å². The van der Waals surface area contributed by atoms with E-state index >= 15 is 0 Å². The van der Waals surface area contributed by atoms with E-state index in [0.29, 0.717) is 10.7 Å². The van der Waals surface area contributed by atoms with Crippen molar-refractivity contribution >= 4 is 17.5 Å². The lowest BCUT2D eigenvalue weighted by atomic mass is 10.2. The van der Waals surface area contributed by atoms with E-state index in [1.165, 1.54) is 12.3 Å². The number of carbonyl (C=O) groups excluding carboxylic acids is 1. The van der Waals surface area contributed by atoms with Crippen LogP contribution in [0, 0.1) is 11.8 Å². The van der Waals surface area contributed by atoms with Gasteiger partial charge < -0.3 is 0 Å². The topological polar surface area (TPSA) is 59.4 Å². The molecule has 0 saturated heterocycles. The molecule has 5 heteroatoms. The fraction of sp³-hybridized carbons (Fsp3) is 0.143. The number of amides is 1. The van der Waals surface area contributed by atoms with E-state index in [1.54, 1.807) is 6.92 Å². The van der Waals surface area contributed by atoms with Gasteiger partial charge in [-0.15, -0.1) is 4.91 Å². The molecule has 0 radical (unpaired) electrons. The summed E-state index contributed by atoms with van der Waals surface area (Å²) in [7, 11) is 0. The second kappa shape index (κ2) is 3.40.